The SMILES string of the molecule is C[C@@H](c1oc(=O)c2ccccc2c1-c1cccc(CN(C)C)c1)n1nc(-c2cncc(O)c2)c2c(N)ncnc21. The molecule has 0 unspecified atom stereocenters. The molecule has 0 aliphatic carbocycles. The first-order valence-electron chi connectivity index (χ1n) is 12.7. The molecule has 2 aromatic carbocycles. The zero-order valence-electron chi connectivity index (χ0n) is 22.2. The molecule has 6 rings (SSSR count). The summed E-state index contributed by atoms with van der Waals surface area (Å²) < 4.78 is 7.75. The summed E-state index contributed by atoms with van der Waals surface area (Å²) in [6.45, 7) is 2.66. The molecule has 10 heteroatoms. The van der Waals surface area contributed by atoms with Gasteiger partial charge in [-0.15, -0.1) is 0 Å². The van der Waals surface area contributed by atoms with Crippen molar-refractivity contribution >= 4 is 27.6 Å². The van der Waals surface area contributed by atoms with Crippen LogP contribution in [0.3, 0.4) is 0 Å². The van der Waals surface area contributed by atoms with E-state index in [-0.39, 0.29) is 11.6 Å². The number of nitrogens with zero attached hydrogens (tertiary/aromatic N) is 6. The molecule has 3 N–H and O–H groups in total. The largest absolute Gasteiger partial charge is 0.506 e. The summed E-state index contributed by atoms with van der Waals surface area (Å²) in [5, 5.41) is 16.7. The van der Waals surface area contributed by atoms with E-state index in [0.29, 0.717) is 33.4 Å². The monoisotopic (exact) mass is 533 g/mol. The van der Waals surface area contributed by atoms with Crippen molar-refractivity contribution in [2.45, 2.75) is 19.5 Å². The van der Waals surface area contributed by atoms with Crippen LogP contribution >= 0.6 is 0 Å². The minimum absolute atomic E-state index is 0.0101. The molecule has 200 valence electrons. The molecule has 6 aromatic rings. The van der Waals surface area contributed by atoms with Gasteiger partial charge >= 0.3 is 5.63 Å². The quantitative estimate of drug-likeness (QED) is 0.314. The Morgan fingerprint density at radius 1 is 1.02 bits per heavy atom. The maximum Gasteiger partial charge on any atom is 0.343 e. The third-order valence-electron chi connectivity index (χ3n) is 6.84. The summed E-state index contributed by atoms with van der Waals surface area (Å²) in [7, 11) is 4.04. The van der Waals surface area contributed by atoms with Crippen molar-refractivity contribution in [2.24, 2.45) is 0 Å². The number of hydrogen-bond donors (Lipinski definition) is 2. The third kappa shape index (κ3) is 4.34. The van der Waals surface area contributed by atoms with Gasteiger partial charge in [-0.25, -0.2) is 19.4 Å². The first-order valence-corrected chi connectivity index (χ1v) is 12.7. The molecule has 1 atom stereocenters. The van der Waals surface area contributed by atoms with Crippen LogP contribution in [0, 0.1) is 0 Å². The molecular formula is C30H27N7O3. The van der Waals surface area contributed by atoms with Gasteiger partial charge in [-0.1, -0.05) is 36.4 Å². The molecule has 0 aliphatic rings. The van der Waals surface area contributed by atoms with Crippen molar-refractivity contribution in [3.63, 3.8) is 0 Å². The summed E-state index contributed by atoms with van der Waals surface area (Å²) in [6.07, 6.45) is 4.29. The summed E-state index contributed by atoms with van der Waals surface area (Å²) in [6, 6.07) is 16.6. The molecule has 0 spiro atoms. The number of rotatable bonds is 6. The highest BCUT2D eigenvalue weighted by Crippen LogP contribution is 2.38. The van der Waals surface area contributed by atoms with Crippen LogP contribution in [-0.2, 0) is 6.54 Å². The van der Waals surface area contributed by atoms with Gasteiger partial charge in [0.1, 0.15) is 35.4 Å². The highest BCUT2D eigenvalue weighted by Gasteiger charge is 2.27. The van der Waals surface area contributed by atoms with Crippen molar-refractivity contribution in [2.75, 3.05) is 19.8 Å². The number of benzene rings is 2. The number of nitrogens with two attached hydrogens (primary N) is 1. The molecule has 4 aromatic heterocycles. The molecule has 0 saturated carbocycles. The third-order valence-corrected chi connectivity index (χ3v) is 6.84. The molecule has 0 fully saturated rings. The van der Waals surface area contributed by atoms with Crippen molar-refractivity contribution in [3.05, 3.63) is 95.1 Å². The van der Waals surface area contributed by atoms with E-state index in [4.69, 9.17) is 15.2 Å². The van der Waals surface area contributed by atoms with Crippen molar-refractivity contribution in [1.29, 1.82) is 0 Å². The highest BCUT2D eigenvalue weighted by atomic mass is 16.4. The van der Waals surface area contributed by atoms with E-state index in [1.807, 2.05) is 51.4 Å². The zero-order valence-corrected chi connectivity index (χ0v) is 22.2. The van der Waals surface area contributed by atoms with E-state index in [0.717, 1.165) is 28.6 Å². The van der Waals surface area contributed by atoms with Crippen molar-refractivity contribution in [3.8, 4) is 28.1 Å². The number of aromatic nitrogens is 5. The van der Waals surface area contributed by atoms with Gasteiger partial charge < -0.3 is 20.2 Å². The van der Waals surface area contributed by atoms with E-state index in [1.165, 1.54) is 12.5 Å². The molecule has 0 bridgehead atoms. The Labute approximate surface area is 229 Å². The normalized spacial score (nSPS) is 12.4. The predicted octanol–water partition coefficient (Wildman–Crippen LogP) is 4.62. The summed E-state index contributed by atoms with van der Waals surface area (Å²) in [5.74, 6) is 0.662. The van der Waals surface area contributed by atoms with Crippen LogP contribution in [0.4, 0.5) is 5.82 Å². The minimum Gasteiger partial charge on any atom is -0.506 e. The van der Waals surface area contributed by atoms with E-state index < -0.39 is 11.7 Å². The molecule has 0 amide bonds. The van der Waals surface area contributed by atoms with Crippen LogP contribution in [0.2, 0.25) is 0 Å². The lowest BCUT2D eigenvalue weighted by atomic mass is 9.94. The van der Waals surface area contributed by atoms with E-state index in [9.17, 15) is 9.90 Å². The fourth-order valence-corrected chi connectivity index (χ4v) is 5.14. The number of pyridine rings is 1. The lowest BCUT2D eigenvalue weighted by Crippen LogP contribution is -2.15. The van der Waals surface area contributed by atoms with Gasteiger partial charge in [-0.05, 0) is 50.3 Å². The number of aromatic hydroxyl groups is 1. The van der Waals surface area contributed by atoms with Gasteiger partial charge in [-0.3, -0.25) is 4.98 Å². The topological polar surface area (TPSA) is 136 Å². The maximum atomic E-state index is 13.2. The fourth-order valence-electron chi connectivity index (χ4n) is 5.14. The summed E-state index contributed by atoms with van der Waals surface area (Å²) in [5.41, 5.74) is 10.2. The second-order valence-corrected chi connectivity index (χ2v) is 9.97. The first kappa shape index (κ1) is 25.2. The van der Waals surface area contributed by atoms with E-state index in [1.54, 1.807) is 23.0 Å². The number of anilines is 1. The van der Waals surface area contributed by atoms with E-state index >= 15 is 0 Å². The average Bonchev–Trinajstić information content (AvgIpc) is 3.33. The first-order chi connectivity index (χ1) is 19.3. The van der Waals surface area contributed by atoms with Crippen LogP contribution < -0.4 is 11.4 Å². The molecule has 10 nitrogen and oxygen atoms in total. The Morgan fingerprint density at radius 2 is 1.82 bits per heavy atom. The number of fused-ring (bicyclic) bond motifs is 2. The lowest BCUT2D eigenvalue weighted by Gasteiger charge is -2.19. The zero-order chi connectivity index (χ0) is 28.0. The Hall–Kier alpha value is -5.09. The standard InChI is InChI=1S/C30H27N7O3/c1-17(37-29-25(28(31)33-16-34-29)26(35-37)20-12-21(38)14-32-13-20)27-24(19-8-6-7-18(11-19)15-36(2)3)22-9-4-5-10-23(22)30(39)40-27/h4-14,16-17,38H,15H2,1-3H3,(H2,31,33,34)/t17-/m0/s1. The smallest absolute Gasteiger partial charge is 0.343 e. The van der Waals surface area contributed by atoms with Crippen molar-refractivity contribution in [1.82, 2.24) is 29.6 Å². The van der Waals surface area contributed by atoms with Gasteiger partial charge in [-0.2, -0.15) is 5.10 Å². The van der Waals surface area contributed by atoms with Crippen molar-refractivity contribution < 1.29 is 9.52 Å². The molecule has 4 heterocycles. The van der Waals surface area contributed by atoms with Crippen LogP contribution in [0.25, 0.3) is 44.2 Å². The van der Waals surface area contributed by atoms with Gasteiger partial charge in [0.15, 0.2) is 5.65 Å². The van der Waals surface area contributed by atoms with Gasteiger partial charge in [0.05, 0.1) is 17.0 Å². The predicted molar refractivity (Wildman–Crippen MR) is 154 cm³/mol. The number of nitrogen functional groups attached to an aromatic ring is 1. The summed E-state index contributed by atoms with van der Waals surface area (Å²) in [4.78, 5) is 28.1. The Kier molecular flexibility index (Phi) is 6.24. The van der Waals surface area contributed by atoms with E-state index in [2.05, 4.69) is 32.0 Å². The second-order valence-electron chi connectivity index (χ2n) is 9.97. The fraction of sp³-hybridized carbons (Fsp3) is 0.167. The number of hydrogen-bond acceptors (Lipinski definition) is 9. The second kappa shape index (κ2) is 9.90. The Bertz CT molecular complexity index is 1940. The molecule has 0 aliphatic heterocycles. The summed E-state index contributed by atoms with van der Waals surface area (Å²) >= 11 is 0. The minimum atomic E-state index is -0.569. The average molecular weight is 534 g/mol. The van der Waals surface area contributed by atoms with Crippen LogP contribution in [0.1, 0.15) is 24.3 Å². The van der Waals surface area contributed by atoms with Crippen LogP contribution in [-0.4, -0.2) is 48.8 Å². The highest BCUT2D eigenvalue weighted by molar-refractivity contribution is 5.99. The molecular weight excluding hydrogens is 506 g/mol. The molecule has 0 radical (unpaired) electrons. The van der Waals surface area contributed by atoms with Crippen LogP contribution in [0.15, 0.2) is 82.5 Å². The molecule has 0 saturated heterocycles. The Morgan fingerprint density at radius 3 is 2.60 bits per heavy atom. The van der Waals surface area contributed by atoms with Crippen LogP contribution in [0.5, 0.6) is 5.75 Å². The van der Waals surface area contributed by atoms with Gasteiger partial charge in [0, 0.05) is 29.3 Å². The van der Waals surface area contributed by atoms with Gasteiger partial charge in [0.2, 0.25) is 0 Å². The molecule has 40 heavy (non-hydrogen) atoms. The maximum absolute atomic E-state index is 13.2. The Balaban J connectivity index is 1.62. The lowest BCUT2D eigenvalue weighted by molar-refractivity contribution is 0.402. The van der Waals surface area contributed by atoms with Gasteiger partial charge in [0.25, 0.3) is 0 Å².